The van der Waals surface area contributed by atoms with Crippen molar-refractivity contribution in [3.63, 3.8) is 0 Å². The van der Waals surface area contributed by atoms with Gasteiger partial charge in [-0.05, 0) is 42.0 Å². The molecule has 4 heteroatoms. The largest absolute Gasteiger partial charge is 0.497 e. The quantitative estimate of drug-likeness (QED) is 0.798. The van der Waals surface area contributed by atoms with Crippen molar-refractivity contribution in [3.05, 3.63) is 66.4 Å². The first-order valence-corrected chi connectivity index (χ1v) is 6.80. The Morgan fingerprint density at radius 2 is 1.90 bits per heavy atom. The van der Waals surface area contributed by atoms with Crippen molar-refractivity contribution in [2.24, 2.45) is 5.73 Å². The fourth-order valence-electron chi connectivity index (χ4n) is 2.40. The van der Waals surface area contributed by atoms with Crippen LogP contribution in [-0.2, 0) is 6.54 Å². The summed E-state index contributed by atoms with van der Waals surface area (Å²) in [4.78, 5) is 0. The van der Waals surface area contributed by atoms with Crippen LogP contribution in [0.2, 0.25) is 0 Å². The van der Waals surface area contributed by atoms with Crippen molar-refractivity contribution in [1.82, 2.24) is 9.78 Å². The van der Waals surface area contributed by atoms with Gasteiger partial charge in [0, 0.05) is 12.1 Å². The minimum Gasteiger partial charge on any atom is -0.497 e. The van der Waals surface area contributed by atoms with Crippen LogP contribution in [0, 0.1) is 0 Å². The molecule has 0 saturated heterocycles. The van der Waals surface area contributed by atoms with Crippen LogP contribution in [0.1, 0.15) is 5.56 Å². The molecule has 2 N–H and O–H groups in total. The molecule has 0 aliphatic rings. The Bertz CT molecular complexity index is 735. The van der Waals surface area contributed by atoms with E-state index in [-0.39, 0.29) is 0 Å². The first kappa shape index (κ1) is 13.4. The number of nitrogens with zero attached hydrogens (tertiary/aromatic N) is 2. The molecule has 0 amide bonds. The number of rotatable bonds is 4. The van der Waals surface area contributed by atoms with E-state index >= 15 is 0 Å². The molecule has 0 unspecified atom stereocenters. The maximum Gasteiger partial charge on any atom is 0.119 e. The molecule has 2 aromatic carbocycles. The fourth-order valence-corrected chi connectivity index (χ4v) is 2.40. The van der Waals surface area contributed by atoms with Crippen LogP contribution in [0.3, 0.4) is 0 Å². The van der Waals surface area contributed by atoms with Crippen LogP contribution >= 0.6 is 0 Å². The Balaban J connectivity index is 2.12. The summed E-state index contributed by atoms with van der Waals surface area (Å²) in [6.07, 6.45) is 1.80. The van der Waals surface area contributed by atoms with E-state index < -0.39 is 0 Å². The van der Waals surface area contributed by atoms with Crippen LogP contribution in [-0.4, -0.2) is 16.9 Å². The molecule has 3 rings (SSSR count). The lowest BCUT2D eigenvalue weighted by Gasteiger charge is -2.12. The zero-order chi connectivity index (χ0) is 14.7. The number of ether oxygens (including phenoxy) is 1. The molecule has 106 valence electrons. The summed E-state index contributed by atoms with van der Waals surface area (Å²) < 4.78 is 7.18. The average molecular weight is 279 g/mol. The molecule has 0 fully saturated rings. The van der Waals surface area contributed by atoms with Crippen LogP contribution in [0.5, 0.6) is 5.75 Å². The molecular weight excluding hydrogens is 262 g/mol. The molecule has 1 aromatic heterocycles. The van der Waals surface area contributed by atoms with Crippen LogP contribution in [0.4, 0.5) is 0 Å². The Morgan fingerprint density at radius 3 is 2.62 bits per heavy atom. The zero-order valence-electron chi connectivity index (χ0n) is 11.9. The number of nitrogens with two attached hydrogens (primary N) is 1. The van der Waals surface area contributed by atoms with E-state index in [9.17, 15) is 0 Å². The third-order valence-electron chi connectivity index (χ3n) is 3.45. The zero-order valence-corrected chi connectivity index (χ0v) is 11.9. The van der Waals surface area contributed by atoms with Gasteiger partial charge in [0.05, 0.1) is 24.7 Å². The number of hydrogen-bond acceptors (Lipinski definition) is 3. The molecule has 3 aromatic rings. The van der Waals surface area contributed by atoms with Gasteiger partial charge in [-0.3, -0.25) is 0 Å². The summed E-state index contributed by atoms with van der Waals surface area (Å²) in [7, 11) is 1.66. The molecule has 0 aliphatic carbocycles. The topological polar surface area (TPSA) is 53.1 Å². The van der Waals surface area contributed by atoms with Gasteiger partial charge in [0.1, 0.15) is 5.75 Å². The Kier molecular flexibility index (Phi) is 3.71. The predicted octanol–water partition coefficient (Wildman–Crippen LogP) is 3.01. The Labute approximate surface area is 123 Å². The van der Waals surface area contributed by atoms with Gasteiger partial charge in [-0.2, -0.15) is 5.10 Å². The fraction of sp³-hybridized carbons (Fsp3) is 0.118. The van der Waals surface area contributed by atoms with E-state index in [0.717, 1.165) is 28.3 Å². The summed E-state index contributed by atoms with van der Waals surface area (Å²) >= 11 is 0. The van der Waals surface area contributed by atoms with Crippen LogP contribution in [0.25, 0.3) is 16.9 Å². The van der Waals surface area contributed by atoms with Gasteiger partial charge in [0.2, 0.25) is 0 Å². The second kappa shape index (κ2) is 5.81. The van der Waals surface area contributed by atoms with E-state index in [0.29, 0.717) is 6.54 Å². The Hall–Kier alpha value is -2.59. The van der Waals surface area contributed by atoms with Crippen LogP contribution < -0.4 is 10.5 Å². The highest BCUT2D eigenvalue weighted by molar-refractivity contribution is 5.67. The first-order chi connectivity index (χ1) is 10.3. The molecular formula is C17H17N3O. The van der Waals surface area contributed by atoms with E-state index in [1.54, 1.807) is 13.3 Å². The van der Waals surface area contributed by atoms with E-state index in [1.807, 2.05) is 59.3 Å². The standard InChI is InChI=1S/C17H17N3O/c1-21-15-7-8-16(13(11-15)12-18)17-9-10-19-20(17)14-5-3-2-4-6-14/h2-11H,12,18H2,1H3. The molecule has 0 spiro atoms. The normalized spacial score (nSPS) is 10.6. The molecule has 0 bridgehead atoms. The van der Waals surface area contributed by atoms with Gasteiger partial charge in [-0.25, -0.2) is 4.68 Å². The summed E-state index contributed by atoms with van der Waals surface area (Å²) in [6, 6.07) is 18.0. The minimum absolute atomic E-state index is 0.451. The lowest BCUT2D eigenvalue weighted by molar-refractivity contribution is 0.414. The third-order valence-corrected chi connectivity index (χ3v) is 3.45. The summed E-state index contributed by atoms with van der Waals surface area (Å²) in [5, 5.41) is 4.43. The predicted molar refractivity (Wildman–Crippen MR) is 83.4 cm³/mol. The summed E-state index contributed by atoms with van der Waals surface area (Å²) in [6.45, 7) is 0.451. The number of benzene rings is 2. The highest BCUT2D eigenvalue weighted by Gasteiger charge is 2.11. The molecule has 0 atom stereocenters. The lowest BCUT2D eigenvalue weighted by atomic mass is 10.0. The summed E-state index contributed by atoms with van der Waals surface area (Å²) in [5.41, 5.74) is 10.0. The maximum atomic E-state index is 5.88. The van der Waals surface area contributed by atoms with Gasteiger partial charge in [0.15, 0.2) is 0 Å². The van der Waals surface area contributed by atoms with Crippen molar-refractivity contribution in [2.45, 2.75) is 6.54 Å². The van der Waals surface area contributed by atoms with Gasteiger partial charge in [-0.15, -0.1) is 0 Å². The number of methoxy groups -OCH3 is 1. The van der Waals surface area contributed by atoms with Crippen molar-refractivity contribution < 1.29 is 4.74 Å². The van der Waals surface area contributed by atoms with E-state index in [4.69, 9.17) is 10.5 Å². The van der Waals surface area contributed by atoms with E-state index in [1.165, 1.54) is 0 Å². The van der Waals surface area contributed by atoms with Gasteiger partial charge in [-0.1, -0.05) is 18.2 Å². The van der Waals surface area contributed by atoms with Crippen molar-refractivity contribution in [2.75, 3.05) is 7.11 Å². The highest BCUT2D eigenvalue weighted by Crippen LogP contribution is 2.28. The maximum absolute atomic E-state index is 5.88. The third kappa shape index (κ3) is 2.53. The lowest BCUT2D eigenvalue weighted by Crippen LogP contribution is -2.04. The SMILES string of the molecule is COc1ccc(-c2ccnn2-c2ccccc2)c(CN)c1. The number of aromatic nitrogens is 2. The molecule has 0 saturated carbocycles. The second-order valence-electron chi connectivity index (χ2n) is 4.69. The monoisotopic (exact) mass is 279 g/mol. The van der Waals surface area contributed by atoms with Gasteiger partial charge < -0.3 is 10.5 Å². The smallest absolute Gasteiger partial charge is 0.119 e. The first-order valence-electron chi connectivity index (χ1n) is 6.80. The van der Waals surface area contributed by atoms with Crippen molar-refractivity contribution in [3.8, 4) is 22.7 Å². The Morgan fingerprint density at radius 1 is 1.10 bits per heavy atom. The molecule has 21 heavy (non-hydrogen) atoms. The van der Waals surface area contributed by atoms with Crippen molar-refractivity contribution in [1.29, 1.82) is 0 Å². The summed E-state index contributed by atoms with van der Waals surface area (Å²) in [5.74, 6) is 0.810. The highest BCUT2D eigenvalue weighted by atomic mass is 16.5. The average Bonchev–Trinajstić information content (AvgIpc) is 3.04. The molecule has 0 radical (unpaired) electrons. The number of hydrogen-bond donors (Lipinski definition) is 1. The number of para-hydroxylation sites is 1. The molecule has 1 heterocycles. The second-order valence-corrected chi connectivity index (χ2v) is 4.69. The minimum atomic E-state index is 0.451. The van der Waals surface area contributed by atoms with Crippen molar-refractivity contribution >= 4 is 0 Å². The van der Waals surface area contributed by atoms with Crippen LogP contribution in [0.15, 0.2) is 60.8 Å². The molecule has 0 aliphatic heterocycles. The van der Waals surface area contributed by atoms with E-state index in [2.05, 4.69) is 5.10 Å². The molecule has 4 nitrogen and oxygen atoms in total. The van der Waals surface area contributed by atoms with Gasteiger partial charge in [0.25, 0.3) is 0 Å². The van der Waals surface area contributed by atoms with Gasteiger partial charge >= 0.3 is 0 Å².